The molecule has 1 heterocycles. The van der Waals surface area contributed by atoms with Crippen LogP contribution in [0.15, 0.2) is 43.0 Å². The van der Waals surface area contributed by atoms with Crippen LogP contribution in [0.2, 0.25) is 5.02 Å². The SMILES string of the molecule is C=C1CCCN(C(=O)c2ccc(N)cc2C)c2ccc(Cl)cc21. The second-order valence-corrected chi connectivity index (χ2v) is 6.34. The molecule has 0 aromatic heterocycles. The Bertz CT molecular complexity index is 798. The number of amides is 1. The second kappa shape index (κ2) is 6.09. The molecular weight excluding hydrogens is 308 g/mol. The molecule has 2 aromatic rings. The fraction of sp³-hybridized carbons (Fsp3) is 0.211. The van der Waals surface area contributed by atoms with Gasteiger partial charge in [0.05, 0.1) is 5.69 Å². The first kappa shape index (κ1) is 15.6. The predicted octanol–water partition coefficient (Wildman–Crippen LogP) is 4.68. The number of carbonyl (C=O) groups is 1. The summed E-state index contributed by atoms with van der Waals surface area (Å²) < 4.78 is 0. The molecule has 0 bridgehead atoms. The number of benzene rings is 2. The van der Waals surface area contributed by atoms with E-state index in [0.717, 1.165) is 35.2 Å². The maximum atomic E-state index is 13.1. The summed E-state index contributed by atoms with van der Waals surface area (Å²) in [7, 11) is 0. The van der Waals surface area contributed by atoms with Crippen molar-refractivity contribution in [1.82, 2.24) is 0 Å². The van der Waals surface area contributed by atoms with Crippen molar-refractivity contribution in [2.24, 2.45) is 0 Å². The van der Waals surface area contributed by atoms with Crippen LogP contribution in [0, 0.1) is 6.92 Å². The Labute approximate surface area is 141 Å². The zero-order chi connectivity index (χ0) is 16.6. The number of fused-ring (bicyclic) bond motifs is 1. The molecule has 4 heteroatoms. The van der Waals surface area contributed by atoms with Gasteiger partial charge in [-0.3, -0.25) is 4.79 Å². The monoisotopic (exact) mass is 326 g/mol. The molecular formula is C19H19ClN2O. The van der Waals surface area contributed by atoms with Crippen molar-refractivity contribution >= 4 is 34.5 Å². The van der Waals surface area contributed by atoms with Crippen LogP contribution in [-0.4, -0.2) is 12.5 Å². The molecule has 1 aliphatic heterocycles. The second-order valence-electron chi connectivity index (χ2n) is 5.90. The molecule has 0 radical (unpaired) electrons. The van der Waals surface area contributed by atoms with Crippen LogP contribution in [0.4, 0.5) is 11.4 Å². The summed E-state index contributed by atoms with van der Waals surface area (Å²) in [5, 5.41) is 0.655. The van der Waals surface area contributed by atoms with Gasteiger partial charge in [0.15, 0.2) is 0 Å². The lowest BCUT2D eigenvalue weighted by Gasteiger charge is -2.24. The lowest BCUT2D eigenvalue weighted by Crippen LogP contribution is -2.32. The first-order chi connectivity index (χ1) is 11.0. The third-order valence-corrected chi connectivity index (χ3v) is 4.45. The summed E-state index contributed by atoms with van der Waals surface area (Å²) in [5.41, 5.74) is 10.9. The summed E-state index contributed by atoms with van der Waals surface area (Å²) in [6, 6.07) is 11.0. The fourth-order valence-electron chi connectivity index (χ4n) is 3.02. The number of carbonyl (C=O) groups excluding carboxylic acids is 1. The Kier molecular flexibility index (Phi) is 4.14. The Balaban J connectivity index is 2.07. The highest BCUT2D eigenvalue weighted by atomic mass is 35.5. The van der Waals surface area contributed by atoms with E-state index in [1.807, 2.05) is 36.1 Å². The zero-order valence-electron chi connectivity index (χ0n) is 13.1. The van der Waals surface area contributed by atoms with Crippen molar-refractivity contribution in [2.45, 2.75) is 19.8 Å². The molecule has 1 aliphatic rings. The number of nitrogen functional groups attached to an aromatic ring is 1. The van der Waals surface area contributed by atoms with Gasteiger partial charge in [-0.1, -0.05) is 18.2 Å². The number of allylic oxidation sites excluding steroid dienone is 1. The first-order valence-corrected chi connectivity index (χ1v) is 8.01. The van der Waals surface area contributed by atoms with Crippen molar-refractivity contribution < 1.29 is 4.79 Å². The van der Waals surface area contributed by atoms with E-state index < -0.39 is 0 Å². The molecule has 3 rings (SSSR count). The Morgan fingerprint density at radius 3 is 2.78 bits per heavy atom. The van der Waals surface area contributed by atoms with E-state index in [-0.39, 0.29) is 5.91 Å². The third-order valence-electron chi connectivity index (χ3n) is 4.22. The van der Waals surface area contributed by atoms with Crippen molar-refractivity contribution in [3.63, 3.8) is 0 Å². The number of hydrogen-bond acceptors (Lipinski definition) is 2. The Morgan fingerprint density at radius 2 is 2.04 bits per heavy atom. The van der Waals surface area contributed by atoms with Crippen molar-refractivity contribution in [1.29, 1.82) is 0 Å². The summed E-state index contributed by atoms with van der Waals surface area (Å²) in [5.74, 6) is -0.0132. The van der Waals surface area contributed by atoms with Gasteiger partial charge in [0.25, 0.3) is 5.91 Å². The van der Waals surface area contributed by atoms with Gasteiger partial charge in [-0.2, -0.15) is 0 Å². The van der Waals surface area contributed by atoms with Crippen LogP contribution in [0.5, 0.6) is 0 Å². The molecule has 0 spiro atoms. The fourth-order valence-corrected chi connectivity index (χ4v) is 3.19. The summed E-state index contributed by atoms with van der Waals surface area (Å²) >= 11 is 6.12. The average molecular weight is 327 g/mol. The van der Waals surface area contributed by atoms with Gasteiger partial charge in [0, 0.05) is 28.4 Å². The number of nitrogens with zero attached hydrogens (tertiary/aromatic N) is 1. The lowest BCUT2D eigenvalue weighted by molar-refractivity contribution is 0.0986. The molecule has 0 fully saturated rings. The molecule has 1 amide bonds. The van der Waals surface area contributed by atoms with E-state index in [4.69, 9.17) is 17.3 Å². The minimum Gasteiger partial charge on any atom is -0.399 e. The standard InChI is InChI=1S/C19H19ClN2O/c1-12-4-3-9-22(18-8-5-14(20)11-17(12)18)19(23)16-7-6-15(21)10-13(16)2/h5-8,10-11H,1,3-4,9,21H2,2H3. The van der Waals surface area contributed by atoms with Gasteiger partial charge in [-0.05, 0) is 67.3 Å². The maximum Gasteiger partial charge on any atom is 0.258 e. The number of anilines is 2. The highest BCUT2D eigenvalue weighted by Crippen LogP contribution is 2.35. The Hall–Kier alpha value is -2.26. The summed E-state index contributed by atoms with van der Waals surface area (Å²) in [6.07, 6.45) is 1.74. The third kappa shape index (κ3) is 2.97. The zero-order valence-corrected chi connectivity index (χ0v) is 13.9. The molecule has 0 saturated carbocycles. The molecule has 0 unspecified atom stereocenters. The smallest absolute Gasteiger partial charge is 0.258 e. The normalized spacial score (nSPS) is 14.3. The van der Waals surface area contributed by atoms with Crippen LogP contribution >= 0.6 is 11.6 Å². The van der Waals surface area contributed by atoms with Crippen LogP contribution < -0.4 is 10.6 Å². The Morgan fingerprint density at radius 1 is 1.26 bits per heavy atom. The van der Waals surface area contributed by atoms with Crippen LogP contribution in [0.3, 0.4) is 0 Å². The molecule has 2 aromatic carbocycles. The number of aryl methyl sites for hydroxylation is 1. The number of hydrogen-bond donors (Lipinski definition) is 1. The average Bonchev–Trinajstić information content (AvgIpc) is 2.66. The van der Waals surface area contributed by atoms with Crippen molar-refractivity contribution in [2.75, 3.05) is 17.2 Å². The van der Waals surface area contributed by atoms with E-state index >= 15 is 0 Å². The molecule has 0 atom stereocenters. The van der Waals surface area contributed by atoms with Gasteiger partial charge in [0.1, 0.15) is 0 Å². The number of rotatable bonds is 1. The van der Waals surface area contributed by atoms with Crippen LogP contribution in [-0.2, 0) is 0 Å². The van der Waals surface area contributed by atoms with Gasteiger partial charge in [0.2, 0.25) is 0 Å². The quantitative estimate of drug-likeness (QED) is 0.773. The largest absolute Gasteiger partial charge is 0.399 e. The van der Waals surface area contributed by atoms with E-state index in [2.05, 4.69) is 6.58 Å². The maximum absolute atomic E-state index is 13.1. The van der Waals surface area contributed by atoms with Crippen LogP contribution in [0.25, 0.3) is 5.57 Å². The first-order valence-electron chi connectivity index (χ1n) is 7.63. The molecule has 3 nitrogen and oxygen atoms in total. The van der Waals surface area contributed by atoms with E-state index in [9.17, 15) is 4.79 Å². The van der Waals surface area contributed by atoms with Crippen molar-refractivity contribution in [3.05, 3.63) is 64.7 Å². The molecule has 2 N–H and O–H groups in total. The highest BCUT2D eigenvalue weighted by molar-refractivity contribution is 6.31. The van der Waals surface area contributed by atoms with Gasteiger partial charge in [-0.15, -0.1) is 0 Å². The van der Waals surface area contributed by atoms with E-state index in [1.54, 1.807) is 12.1 Å². The highest BCUT2D eigenvalue weighted by Gasteiger charge is 2.24. The summed E-state index contributed by atoms with van der Waals surface area (Å²) in [6.45, 7) is 6.71. The molecule has 0 aliphatic carbocycles. The minimum absolute atomic E-state index is 0.0132. The van der Waals surface area contributed by atoms with Gasteiger partial charge >= 0.3 is 0 Å². The topological polar surface area (TPSA) is 46.3 Å². The molecule has 0 saturated heterocycles. The number of nitrogens with two attached hydrogens (primary N) is 1. The van der Waals surface area contributed by atoms with Crippen LogP contribution in [0.1, 0.15) is 34.3 Å². The van der Waals surface area contributed by atoms with Crippen molar-refractivity contribution in [3.8, 4) is 0 Å². The summed E-state index contributed by atoms with van der Waals surface area (Å²) in [4.78, 5) is 14.9. The lowest BCUT2D eigenvalue weighted by atomic mass is 10.0. The minimum atomic E-state index is -0.0132. The van der Waals surface area contributed by atoms with Gasteiger partial charge in [-0.25, -0.2) is 0 Å². The van der Waals surface area contributed by atoms with E-state index in [1.165, 1.54) is 0 Å². The molecule has 23 heavy (non-hydrogen) atoms. The molecule has 118 valence electrons. The van der Waals surface area contributed by atoms with Gasteiger partial charge < -0.3 is 10.6 Å². The predicted molar refractivity (Wildman–Crippen MR) is 97.0 cm³/mol. The van der Waals surface area contributed by atoms with E-state index in [0.29, 0.717) is 22.8 Å². The number of halogens is 1.